The van der Waals surface area contributed by atoms with Gasteiger partial charge in [-0.05, 0) is 51.6 Å². The van der Waals surface area contributed by atoms with E-state index in [1.807, 2.05) is 0 Å². The minimum Gasteiger partial charge on any atom is -0.378 e. The Morgan fingerprint density at radius 3 is 2.68 bits per heavy atom. The van der Waals surface area contributed by atoms with Crippen LogP contribution in [0.3, 0.4) is 0 Å². The van der Waals surface area contributed by atoms with Crippen molar-refractivity contribution in [1.82, 2.24) is 10.2 Å². The van der Waals surface area contributed by atoms with Crippen molar-refractivity contribution in [2.45, 2.75) is 64.0 Å². The van der Waals surface area contributed by atoms with Crippen LogP contribution >= 0.6 is 0 Å². The van der Waals surface area contributed by atoms with Crippen molar-refractivity contribution in [3.05, 3.63) is 0 Å². The molecule has 1 atom stereocenters. The second kappa shape index (κ2) is 7.85. The van der Waals surface area contributed by atoms with Crippen LogP contribution in [0.4, 0.5) is 0 Å². The van der Waals surface area contributed by atoms with Crippen LogP contribution in [0.15, 0.2) is 0 Å². The fourth-order valence-corrected chi connectivity index (χ4v) is 3.15. The number of rotatable bonds is 5. The van der Waals surface area contributed by atoms with E-state index in [-0.39, 0.29) is 6.10 Å². The summed E-state index contributed by atoms with van der Waals surface area (Å²) in [6, 6.07) is 0.442. The highest BCUT2D eigenvalue weighted by Crippen LogP contribution is 2.19. The molecular formula is C15H28N2O2. The molecule has 2 saturated heterocycles. The molecule has 110 valence electrons. The van der Waals surface area contributed by atoms with Gasteiger partial charge in [-0.2, -0.15) is 0 Å². The summed E-state index contributed by atoms with van der Waals surface area (Å²) in [6.07, 6.45) is 7.40. The van der Waals surface area contributed by atoms with Gasteiger partial charge in [-0.3, -0.25) is 4.79 Å². The number of amides is 1. The Labute approximate surface area is 116 Å². The predicted octanol–water partition coefficient (Wildman–Crippen LogP) is 1.94. The van der Waals surface area contributed by atoms with E-state index in [1.54, 1.807) is 0 Å². The van der Waals surface area contributed by atoms with Crippen LogP contribution in [-0.2, 0) is 9.53 Å². The minimum atomic E-state index is 0.169. The van der Waals surface area contributed by atoms with Gasteiger partial charge in [0.05, 0.1) is 12.5 Å². The molecule has 2 fully saturated rings. The monoisotopic (exact) mass is 268 g/mol. The molecule has 2 aliphatic heterocycles. The Bertz CT molecular complexity index is 271. The molecule has 0 aromatic carbocycles. The molecule has 1 unspecified atom stereocenters. The second-order valence-corrected chi connectivity index (χ2v) is 5.76. The van der Waals surface area contributed by atoms with Gasteiger partial charge in [0, 0.05) is 19.2 Å². The lowest BCUT2D eigenvalue weighted by Gasteiger charge is -2.35. The lowest BCUT2D eigenvalue weighted by molar-refractivity contribution is -0.138. The van der Waals surface area contributed by atoms with Gasteiger partial charge in [0.2, 0.25) is 5.91 Å². The molecule has 0 radical (unpaired) electrons. The number of hydrogen-bond acceptors (Lipinski definition) is 3. The summed E-state index contributed by atoms with van der Waals surface area (Å²) in [4.78, 5) is 14.6. The number of nitrogens with one attached hydrogen (secondary N) is 1. The Balaban J connectivity index is 1.87. The quantitative estimate of drug-likeness (QED) is 0.828. The van der Waals surface area contributed by atoms with Crippen molar-refractivity contribution in [3.63, 3.8) is 0 Å². The standard InChI is InChI=1S/C15H28N2O2/c1-2-10-17(13-6-8-16-9-7-13)15(18)12-14-5-3-4-11-19-14/h13-14,16H,2-12H2,1H3. The van der Waals surface area contributed by atoms with Crippen LogP contribution in [0, 0.1) is 0 Å². The zero-order chi connectivity index (χ0) is 13.5. The van der Waals surface area contributed by atoms with E-state index in [0.717, 1.165) is 58.3 Å². The molecule has 0 aliphatic carbocycles. The van der Waals surface area contributed by atoms with Crippen molar-refractivity contribution in [2.24, 2.45) is 0 Å². The highest BCUT2D eigenvalue weighted by atomic mass is 16.5. The fourth-order valence-electron chi connectivity index (χ4n) is 3.15. The third-order valence-electron chi connectivity index (χ3n) is 4.21. The summed E-state index contributed by atoms with van der Waals surface area (Å²) in [5, 5.41) is 3.37. The van der Waals surface area contributed by atoms with Gasteiger partial charge in [-0.25, -0.2) is 0 Å². The Hall–Kier alpha value is -0.610. The number of ether oxygens (including phenoxy) is 1. The second-order valence-electron chi connectivity index (χ2n) is 5.76. The van der Waals surface area contributed by atoms with E-state index in [0.29, 0.717) is 18.4 Å². The van der Waals surface area contributed by atoms with Crippen LogP contribution in [0.5, 0.6) is 0 Å². The molecule has 19 heavy (non-hydrogen) atoms. The summed E-state index contributed by atoms with van der Waals surface area (Å²) < 4.78 is 5.70. The molecule has 1 N–H and O–H groups in total. The van der Waals surface area contributed by atoms with Gasteiger partial charge in [0.1, 0.15) is 0 Å². The van der Waals surface area contributed by atoms with Crippen LogP contribution in [0.25, 0.3) is 0 Å². The molecule has 0 aromatic rings. The van der Waals surface area contributed by atoms with E-state index in [2.05, 4.69) is 17.1 Å². The van der Waals surface area contributed by atoms with Crippen LogP contribution in [0.2, 0.25) is 0 Å². The first-order chi connectivity index (χ1) is 9.31. The van der Waals surface area contributed by atoms with Gasteiger partial charge >= 0.3 is 0 Å². The Kier molecular flexibility index (Phi) is 6.11. The predicted molar refractivity (Wildman–Crippen MR) is 76.1 cm³/mol. The molecule has 0 spiro atoms. The highest BCUT2D eigenvalue weighted by Gasteiger charge is 2.27. The summed E-state index contributed by atoms with van der Waals surface area (Å²) >= 11 is 0. The first-order valence-corrected chi connectivity index (χ1v) is 7.93. The van der Waals surface area contributed by atoms with Gasteiger partial charge in [-0.15, -0.1) is 0 Å². The molecule has 0 saturated carbocycles. The Morgan fingerprint density at radius 2 is 2.05 bits per heavy atom. The molecule has 4 heteroatoms. The van der Waals surface area contributed by atoms with Crippen LogP contribution < -0.4 is 5.32 Å². The minimum absolute atomic E-state index is 0.169. The number of carbonyl (C=O) groups is 1. The van der Waals surface area contributed by atoms with E-state index < -0.39 is 0 Å². The molecule has 0 aromatic heterocycles. The summed E-state index contributed by atoms with van der Waals surface area (Å²) in [7, 11) is 0. The smallest absolute Gasteiger partial charge is 0.225 e. The molecule has 2 heterocycles. The van der Waals surface area contributed by atoms with E-state index in [1.165, 1.54) is 6.42 Å². The van der Waals surface area contributed by atoms with Gasteiger partial charge in [0.25, 0.3) is 0 Å². The van der Waals surface area contributed by atoms with Crippen molar-refractivity contribution in [2.75, 3.05) is 26.2 Å². The van der Waals surface area contributed by atoms with E-state index in [9.17, 15) is 4.79 Å². The fraction of sp³-hybridized carbons (Fsp3) is 0.933. The number of piperidine rings is 1. The maximum absolute atomic E-state index is 12.5. The average molecular weight is 268 g/mol. The maximum atomic E-state index is 12.5. The molecule has 2 aliphatic rings. The molecular weight excluding hydrogens is 240 g/mol. The molecule has 4 nitrogen and oxygen atoms in total. The largest absolute Gasteiger partial charge is 0.378 e. The van der Waals surface area contributed by atoms with Crippen LogP contribution in [0.1, 0.15) is 51.9 Å². The summed E-state index contributed by atoms with van der Waals surface area (Å²) in [6.45, 7) is 5.96. The number of carbonyl (C=O) groups excluding carboxylic acids is 1. The van der Waals surface area contributed by atoms with Crippen molar-refractivity contribution in [3.8, 4) is 0 Å². The van der Waals surface area contributed by atoms with Crippen LogP contribution in [-0.4, -0.2) is 49.2 Å². The number of nitrogens with zero attached hydrogens (tertiary/aromatic N) is 1. The zero-order valence-electron chi connectivity index (χ0n) is 12.2. The van der Waals surface area contributed by atoms with Gasteiger partial charge < -0.3 is 15.0 Å². The topological polar surface area (TPSA) is 41.6 Å². The van der Waals surface area contributed by atoms with Crippen molar-refractivity contribution >= 4 is 5.91 Å². The highest BCUT2D eigenvalue weighted by molar-refractivity contribution is 5.77. The third kappa shape index (κ3) is 4.46. The van der Waals surface area contributed by atoms with Gasteiger partial charge in [-0.1, -0.05) is 6.92 Å². The van der Waals surface area contributed by atoms with Crippen molar-refractivity contribution in [1.29, 1.82) is 0 Å². The molecule has 2 rings (SSSR count). The van der Waals surface area contributed by atoms with Gasteiger partial charge in [0.15, 0.2) is 0 Å². The molecule has 0 bridgehead atoms. The lowest BCUT2D eigenvalue weighted by Crippen LogP contribution is -2.47. The van der Waals surface area contributed by atoms with Crippen molar-refractivity contribution < 1.29 is 9.53 Å². The Morgan fingerprint density at radius 1 is 1.26 bits per heavy atom. The summed E-state index contributed by atoms with van der Waals surface area (Å²) in [5.74, 6) is 0.306. The number of hydrogen-bond donors (Lipinski definition) is 1. The lowest BCUT2D eigenvalue weighted by atomic mass is 10.0. The zero-order valence-corrected chi connectivity index (χ0v) is 12.2. The molecule has 1 amide bonds. The summed E-state index contributed by atoms with van der Waals surface area (Å²) in [5.41, 5.74) is 0. The normalized spacial score (nSPS) is 25.2. The average Bonchev–Trinajstić information content (AvgIpc) is 2.46. The SMILES string of the molecule is CCCN(C(=O)CC1CCCCO1)C1CCNCC1. The first-order valence-electron chi connectivity index (χ1n) is 7.93. The first kappa shape index (κ1) is 14.8. The maximum Gasteiger partial charge on any atom is 0.225 e. The third-order valence-corrected chi connectivity index (χ3v) is 4.21. The van der Waals surface area contributed by atoms with E-state index >= 15 is 0 Å². The van der Waals surface area contributed by atoms with E-state index in [4.69, 9.17) is 4.74 Å².